The molecular weight excluding hydrogens is 606 g/mol. The van der Waals surface area contributed by atoms with Crippen molar-refractivity contribution in [2.75, 3.05) is 0 Å². The van der Waals surface area contributed by atoms with E-state index in [4.69, 9.17) is 16.0 Å². The molecule has 15 heteroatoms. The highest BCUT2D eigenvalue weighted by atomic mass is 35.5. The third-order valence-electron chi connectivity index (χ3n) is 6.55. The van der Waals surface area contributed by atoms with Crippen LogP contribution in [0.15, 0.2) is 101 Å². The molecule has 0 bridgehead atoms. The summed E-state index contributed by atoms with van der Waals surface area (Å²) in [4.78, 5) is 13.6. The van der Waals surface area contributed by atoms with E-state index in [-0.39, 0.29) is 18.2 Å². The fraction of sp³-hybridized carbons (Fsp3) is 0.103. The average molecular weight is 624 g/mol. The second-order valence-corrected chi connectivity index (χ2v) is 9.88. The molecule has 1 unspecified atom stereocenters. The number of hydrogen-bond donors (Lipinski definition) is 0. The fourth-order valence-corrected chi connectivity index (χ4v) is 4.73. The van der Waals surface area contributed by atoms with Crippen LogP contribution in [-0.4, -0.2) is 41.3 Å². The first-order valence-corrected chi connectivity index (χ1v) is 13.2. The van der Waals surface area contributed by atoms with Crippen molar-refractivity contribution in [2.24, 2.45) is 0 Å². The van der Waals surface area contributed by atoms with E-state index in [1.807, 2.05) is 0 Å². The van der Waals surface area contributed by atoms with Crippen LogP contribution in [0, 0.1) is 5.82 Å². The molecule has 222 valence electrons. The van der Waals surface area contributed by atoms with E-state index >= 15 is 0 Å². The summed E-state index contributed by atoms with van der Waals surface area (Å²) in [5, 5.41) is 19.9. The lowest BCUT2D eigenvalue weighted by atomic mass is 10.0. The molecule has 0 aliphatic heterocycles. The Hall–Kier alpha value is -5.37. The topological polar surface area (TPSA) is 114 Å². The van der Waals surface area contributed by atoms with Crippen molar-refractivity contribution in [1.29, 1.82) is 0 Å². The molecule has 0 radical (unpaired) electrons. The van der Waals surface area contributed by atoms with Crippen molar-refractivity contribution in [2.45, 2.75) is 18.8 Å². The van der Waals surface area contributed by atoms with Crippen LogP contribution in [0.4, 0.5) is 17.6 Å². The molecule has 0 amide bonds. The lowest BCUT2D eigenvalue weighted by molar-refractivity contribution is -0.274. The SMILES string of the molecule is O=c1cc(-c2cc(Cl)ccc2-n2cnnn2)ccn1C(Cc1ccc(F)cc1)c1nnc(-c2ccc(OC(F)(F)F)cc2)o1. The number of halogens is 5. The van der Waals surface area contributed by atoms with Crippen LogP contribution in [0.5, 0.6) is 5.75 Å². The van der Waals surface area contributed by atoms with Crippen molar-refractivity contribution >= 4 is 11.6 Å². The first-order chi connectivity index (χ1) is 21.1. The zero-order chi connectivity index (χ0) is 30.8. The van der Waals surface area contributed by atoms with Gasteiger partial charge in [0.1, 0.15) is 23.9 Å². The van der Waals surface area contributed by atoms with Crippen LogP contribution in [-0.2, 0) is 6.42 Å². The number of aromatic nitrogens is 7. The summed E-state index contributed by atoms with van der Waals surface area (Å²) >= 11 is 6.27. The minimum Gasteiger partial charge on any atom is -0.418 e. The Balaban J connectivity index is 1.37. The molecule has 0 N–H and O–H groups in total. The van der Waals surface area contributed by atoms with Crippen molar-refractivity contribution in [3.63, 3.8) is 0 Å². The molecule has 44 heavy (non-hydrogen) atoms. The Morgan fingerprint density at radius 1 is 0.932 bits per heavy atom. The Labute approximate surface area is 250 Å². The number of pyridine rings is 1. The van der Waals surface area contributed by atoms with Crippen molar-refractivity contribution in [3.05, 3.63) is 124 Å². The van der Waals surface area contributed by atoms with Gasteiger partial charge in [-0.25, -0.2) is 4.39 Å². The van der Waals surface area contributed by atoms with Crippen LogP contribution >= 0.6 is 11.6 Å². The second-order valence-electron chi connectivity index (χ2n) is 9.44. The standard InChI is InChI=1S/C29H18ClF4N7O3/c30-20-5-10-24(41-16-35-38-39-41)23(15-20)19-11-12-40(26(42)14-19)25(13-17-1-6-21(31)7-2-17)28-37-36-27(43-28)18-3-8-22(9-4-18)44-29(32,33)34/h1-12,14-16,25H,13H2. The van der Waals surface area contributed by atoms with E-state index in [0.717, 1.165) is 12.1 Å². The van der Waals surface area contributed by atoms with Gasteiger partial charge in [0.15, 0.2) is 0 Å². The Morgan fingerprint density at radius 2 is 1.70 bits per heavy atom. The third-order valence-corrected chi connectivity index (χ3v) is 6.79. The first-order valence-electron chi connectivity index (χ1n) is 12.8. The van der Waals surface area contributed by atoms with E-state index in [2.05, 4.69) is 30.5 Å². The smallest absolute Gasteiger partial charge is 0.418 e. The van der Waals surface area contributed by atoms with Gasteiger partial charge in [-0.2, -0.15) is 4.68 Å². The molecule has 3 aromatic carbocycles. The molecule has 0 saturated carbocycles. The molecule has 0 spiro atoms. The van der Waals surface area contributed by atoms with E-state index < -0.39 is 29.5 Å². The zero-order valence-electron chi connectivity index (χ0n) is 22.2. The predicted octanol–water partition coefficient (Wildman–Crippen LogP) is 6.06. The van der Waals surface area contributed by atoms with E-state index in [1.54, 1.807) is 42.6 Å². The molecule has 1 atom stereocenters. The van der Waals surface area contributed by atoms with Gasteiger partial charge in [-0.15, -0.1) is 28.5 Å². The summed E-state index contributed by atoms with van der Waals surface area (Å²) in [6.45, 7) is 0. The summed E-state index contributed by atoms with van der Waals surface area (Å²) in [5.41, 5.74) is 2.31. The Bertz CT molecular complexity index is 1960. The first kappa shape index (κ1) is 28.7. The molecule has 0 aliphatic carbocycles. The normalized spacial score (nSPS) is 12.3. The molecule has 10 nitrogen and oxygen atoms in total. The maximum Gasteiger partial charge on any atom is 0.573 e. The predicted molar refractivity (Wildman–Crippen MR) is 149 cm³/mol. The molecule has 0 aliphatic rings. The molecule has 3 aromatic heterocycles. The number of rotatable bonds is 8. The Morgan fingerprint density at radius 3 is 2.39 bits per heavy atom. The van der Waals surface area contributed by atoms with Crippen LogP contribution in [0.1, 0.15) is 17.5 Å². The highest BCUT2D eigenvalue weighted by molar-refractivity contribution is 6.31. The van der Waals surface area contributed by atoms with E-state index in [1.165, 1.54) is 45.9 Å². The van der Waals surface area contributed by atoms with Crippen LogP contribution in [0.2, 0.25) is 5.02 Å². The molecular formula is C29H18ClF4N7O3. The summed E-state index contributed by atoms with van der Waals surface area (Å²) < 4.78 is 63.9. The van der Waals surface area contributed by atoms with Gasteiger partial charge in [0, 0.05) is 34.8 Å². The minimum atomic E-state index is -4.84. The van der Waals surface area contributed by atoms with Crippen LogP contribution < -0.4 is 10.3 Å². The molecule has 3 heterocycles. The number of tetrazole rings is 1. The maximum atomic E-state index is 13.6. The minimum absolute atomic E-state index is 0.0114. The quantitative estimate of drug-likeness (QED) is 0.188. The van der Waals surface area contributed by atoms with Gasteiger partial charge in [-0.3, -0.25) is 4.79 Å². The van der Waals surface area contributed by atoms with Gasteiger partial charge >= 0.3 is 6.36 Å². The zero-order valence-corrected chi connectivity index (χ0v) is 22.9. The molecule has 6 aromatic rings. The van der Waals surface area contributed by atoms with Crippen molar-refractivity contribution in [3.8, 4) is 34.0 Å². The van der Waals surface area contributed by atoms with Gasteiger partial charge in [-0.1, -0.05) is 23.7 Å². The van der Waals surface area contributed by atoms with Crippen molar-refractivity contribution < 1.29 is 26.7 Å². The van der Waals surface area contributed by atoms with E-state index in [0.29, 0.717) is 33.0 Å². The molecule has 0 saturated heterocycles. The number of alkyl halides is 3. The Kier molecular flexibility index (Phi) is 7.66. The van der Waals surface area contributed by atoms with Gasteiger partial charge in [0.25, 0.3) is 5.56 Å². The summed E-state index contributed by atoms with van der Waals surface area (Å²) in [6.07, 6.45) is -1.69. The summed E-state index contributed by atoms with van der Waals surface area (Å²) in [7, 11) is 0. The van der Waals surface area contributed by atoms with Crippen LogP contribution in [0.25, 0.3) is 28.3 Å². The molecule has 0 fully saturated rings. The average Bonchev–Trinajstić information content (AvgIpc) is 3.70. The summed E-state index contributed by atoms with van der Waals surface area (Å²) in [5.74, 6) is -0.779. The number of ether oxygens (including phenoxy) is 1. The van der Waals surface area contributed by atoms with Crippen molar-refractivity contribution in [1.82, 2.24) is 35.0 Å². The van der Waals surface area contributed by atoms with E-state index in [9.17, 15) is 22.4 Å². The van der Waals surface area contributed by atoms with Gasteiger partial charge < -0.3 is 13.7 Å². The monoisotopic (exact) mass is 623 g/mol. The maximum absolute atomic E-state index is 13.6. The van der Waals surface area contributed by atoms with Gasteiger partial charge in [0.2, 0.25) is 11.8 Å². The largest absolute Gasteiger partial charge is 0.573 e. The lowest BCUT2D eigenvalue weighted by Gasteiger charge is -2.18. The summed E-state index contributed by atoms with van der Waals surface area (Å²) in [6, 6.07) is 18.0. The third kappa shape index (κ3) is 6.34. The number of nitrogens with zero attached hydrogens (tertiary/aromatic N) is 7. The second kappa shape index (κ2) is 11.7. The number of hydrogen-bond acceptors (Lipinski definition) is 8. The fourth-order valence-electron chi connectivity index (χ4n) is 4.56. The van der Waals surface area contributed by atoms with Gasteiger partial charge in [0.05, 0.1) is 5.69 Å². The highest BCUT2D eigenvalue weighted by Gasteiger charge is 2.31. The lowest BCUT2D eigenvalue weighted by Crippen LogP contribution is -2.26. The van der Waals surface area contributed by atoms with Gasteiger partial charge in [-0.05, 0) is 82.2 Å². The molecule has 6 rings (SSSR count). The van der Waals surface area contributed by atoms with Crippen LogP contribution in [0.3, 0.4) is 0 Å². The number of benzene rings is 3. The highest BCUT2D eigenvalue weighted by Crippen LogP contribution is 2.31.